The maximum atomic E-state index is 12.0. The number of aliphatic hydroxyl groups is 1. The minimum Gasteiger partial charge on any atom is -0.550 e. The highest BCUT2D eigenvalue weighted by Gasteiger charge is 2.23. The number of hydrogen-bond acceptors (Lipinski definition) is 5. The molecular weight excluding hydrogens is 394 g/mol. The standard InChI is InChI=1S/C25H47NO5/c1-5-6-7-8-9-10-11-12-13-14-15-16-17-18-19-23(27)25(30)31-22(20-24(28)29)21-26(2,3)4/h19,22H,5-18,20-21H2,1-4H3,(H-,27,28,29). The number of carboxylic acid groups (broad SMARTS) is 1. The lowest BCUT2D eigenvalue weighted by Crippen LogP contribution is -2.45. The number of carbonyl (C=O) groups is 2. The Labute approximate surface area is 190 Å². The van der Waals surface area contributed by atoms with Crippen LogP contribution in [0.3, 0.4) is 0 Å². The smallest absolute Gasteiger partial charge is 0.373 e. The number of aliphatic carboxylic acids is 1. The number of carbonyl (C=O) groups excluding carboxylic acids is 2. The number of unbranched alkanes of at least 4 members (excludes halogenated alkanes) is 13. The predicted octanol–water partition coefficient (Wildman–Crippen LogP) is 4.67. The van der Waals surface area contributed by atoms with Crippen LogP contribution in [0, 0.1) is 0 Å². The number of rotatable bonds is 20. The maximum Gasteiger partial charge on any atom is 0.373 e. The molecule has 0 aliphatic carbocycles. The number of allylic oxidation sites excluding steroid dienone is 1. The Bertz CT molecular complexity index is 511. The van der Waals surface area contributed by atoms with Gasteiger partial charge < -0.3 is 24.2 Å². The topological polar surface area (TPSA) is 86.7 Å². The number of ether oxygens (including phenoxy) is 1. The van der Waals surface area contributed by atoms with Gasteiger partial charge in [-0.05, 0) is 18.9 Å². The molecule has 0 aliphatic heterocycles. The van der Waals surface area contributed by atoms with Crippen LogP contribution in [0.4, 0.5) is 0 Å². The average Bonchev–Trinajstić information content (AvgIpc) is 2.66. The van der Waals surface area contributed by atoms with Crippen molar-refractivity contribution < 1.29 is 29.0 Å². The molecule has 0 amide bonds. The summed E-state index contributed by atoms with van der Waals surface area (Å²) in [6, 6.07) is 0. The Balaban J connectivity index is 3.86. The first-order valence-corrected chi connectivity index (χ1v) is 12.3. The number of carboxylic acids is 1. The quantitative estimate of drug-likeness (QED) is 0.0975. The maximum absolute atomic E-state index is 12.0. The third-order valence-electron chi connectivity index (χ3n) is 5.27. The van der Waals surface area contributed by atoms with Gasteiger partial charge in [-0.25, -0.2) is 4.79 Å². The summed E-state index contributed by atoms with van der Waals surface area (Å²) in [5.41, 5.74) is 0. The van der Waals surface area contributed by atoms with E-state index in [9.17, 15) is 19.8 Å². The molecule has 0 rings (SSSR count). The summed E-state index contributed by atoms with van der Waals surface area (Å²) < 4.78 is 5.61. The van der Waals surface area contributed by atoms with Crippen molar-refractivity contribution in [3.05, 3.63) is 11.8 Å². The molecule has 182 valence electrons. The first-order chi connectivity index (χ1) is 14.7. The molecule has 6 heteroatoms. The Kier molecular flexibility index (Phi) is 17.1. The van der Waals surface area contributed by atoms with Crippen molar-refractivity contribution in [2.24, 2.45) is 0 Å². The van der Waals surface area contributed by atoms with Crippen LogP contribution in [0.2, 0.25) is 0 Å². The largest absolute Gasteiger partial charge is 0.550 e. The molecule has 0 saturated carbocycles. The van der Waals surface area contributed by atoms with Crippen molar-refractivity contribution in [2.75, 3.05) is 27.7 Å². The minimum atomic E-state index is -1.28. The van der Waals surface area contributed by atoms with Gasteiger partial charge in [-0.1, -0.05) is 84.0 Å². The van der Waals surface area contributed by atoms with Crippen LogP contribution in [0.15, 0.2) is 11.8 Å². The molecule has 1 N–H and O–H groups in total. The summed E-state index contributed by atoms with van der Waals surface area (Å²) in [7, 11) is 5.63. The predicted molar refractivity (Wildman–Crippen MR) is 123 cm³/mol. The van der Waals surface area contributed by atoms with Gasteiger partial charge in [0.1, 0.15) is 6.54 Å². The zero-order chi connectivity index (χ0) is 23.5. The first-order valence-electron chi connectivity index (χ1n) is 12.3. The van der Waals surface area contributed by atoms with Crippen molar-refractivity contribution in [1.82, 2.24) is 0 Å². The summed E-state index contributed by atoms with van der Waals surface area (Å²) in [6.45, 7) is 2.57. The third-order valence-corrected chi connectivity index (χ3v) is 5.27. The third kappa shape index (κ3) is 20.1. The van der Waals surface area contributed by atoms with Crippen molar-refractivity contribution in [3.8, 4) is 0 Å². The normalized spacial score (nSPS) is 13.2. The van der Waals surface area contributed by atoms with Gasteiger partial charge in [0, 0.05) is 12.4 Å². The van der Waals surface area contributed by atoms with Crippen molar-refractivity contribution in [1.29, 1.82) is 0 Å². The Morgan fingerprint density at radius 1 is 0.871 bits per heavy atom. The lowest BCUT2D eigenvalue weighted by molar-refractivity contribution is -0.873. The van der Waals surface area contributed by atoms with Gasteiger partial charge in [-0.2, -0.15) is 0 Å². The van der Waals surface area contributed by atoms with Crippen LogP contribution in [0.25, 0.3) is 0 Å². The lowest BCUT2D eigenvalue weighted by atomic mass is 10.0. The fraction of sp³-hybridized carbons (Fsp3) is 0.840. The molecule has 0 radical (unpaired) electrons. The van der Waals surface area contributed by atoms with Gasteiger partial charge in [0.05, 0.1) is 21.1 Å². The molecule has 0 aromatic heterocycles. The van der Waals surface area contributed by atoms with E-state index in [1.54, 1.807) is 0 Å². The molecule has 1 atom stereocenters. The van der Waals surface area contributed by atoms with Gasteiger partial charge in [0.2, 0.25) is 0 Å². The summed E-state index contributed by atoms with van der Waals surface area (Å²) in [5, 5.41) is 20.8. The fourth-order valence-electron chi connectivity index (χ4n) is 3.64. The summed E-state index contributed by atoms with van der Waals surface area (Å²) in [4.78, 5) is 22.9. The Morgan fingerprint density at radius 3 is 1.74 bits per heavy atom. The van der Waals surface area contributed by atoms with Crippen molar-refractivity contribution in [3.63, 3.8) is 0 Å². The van der Waals surface area contributed by atoms with Crippen LogP contribution in [-0.4, -0.2) is 55.3 Å². The highest BCUT2D eigenvalue weighted by molar-refractivity contribution is 5.86. The molecule has 0 heterocycles. The van der Waals surface area contributed by atoms with Gasteiger partial charge >= 0.3 is 5.97 Å². The van der Waals surface area contributed by atoms with Crippen molar-refractivity contribution >= 4 is 11.9 Å². The molecule has 0 aromatic carbocycles. The van der Waals surface area contributed by atoms with Crippen LogP contribution in [-0.2, 0) is 14.3 Å². The molecule has 6 nitrogen and oxygen atoms in total. The summed E-state index contributed by atoms with van der Waals surface area (Å²) >= 11 is 0. The van der Waals surface area contributed by atoms with E-state index in [-0.39, 0.29) is 6.42 Å². The van der Waals surface area contributed by atoms with Crippen molar-refractivity contribution in [2.45, 2.75) is 109 Å². The highest BCUT2D eigenvalue weighted by Crippen LogP contribution is 2.14. The zero-order valence-corrected chi connectivity index (χ0v) is 20.5. The first kappa shape index (κ1) is 29.4. The van der Waals surface area contributed by atoms with Gasteiger partial charge in [0.25, 0.3) is 0 Å². The molecule has 1 unspecified atom stereocenters. The second-order valence-electron chi connectivity index (χ2n) is 9.70. The second-order valence-corrected chi connectivity index (χ2v) is 9.70. The molecule has 0 aromatic rings. The molecule has 0 bridgehead atoms. The van der Waals surface area contributed by atoms with E-state index < -0.39 is 23.8 Å². The number of likely N-dealkylation sites (N-methyl/N-ethyl adjacent to an activating group) is 1. The number of aliphatic hydroxyl groups excluding tert-OH is 1. The van der Waals surface area contributed by atoms with Gasteiger partial charge in [-0.15, -0.1) is 0 Å². The monoisotopic (exact) mass is 441 g/mol. The van der Waals surface area contributed by atoms with Gasteiger partial charge in [-0.3, -0.25) is 0 Å². The van der Waals surface area contributed by atoms with Crippen LogP contribution in [0.5, 0.6) is 0 Å². The fourth-order valence-corrected chi connectivity index (χ4v) is 3.64. The summed E-state index contributed by atoms with van der Waals surface area (Å²) in [5.74, 6) is -2.58. The second kappa shape index (κ2) is 18.1. The lowest BCUT2D eigenvalue weighted by Gasteiger charge is -2.29. The van der Waals surface area contributed by atoms with Crippen LogP contribution < -0.4 is 5.11 Å². The minimum absolute atomic E-state index is 0.325. The SMILES string of the molecule is CCCCCCCCCCCCCCCC=C(O)C(=O)OC(CC(=O)[O-])C[N+](C)(C)C. The highest BCUT2D eigenvalue weighted by atomic mass is 16.6. The number of nitrogens with zero attached hydrogens (tertiary/aromatic N) is 1. The average molecular weight is 442 g/mol. The molecule has 0 aliphatic rings. The van der Waals surface area contributed by atoms with E-state index in [4.69, 9.17) is 4.74 Å². The van der Waals surface area contributed by atoms with E-state index in [1.165, 1.54) is 76.7 Å². The van der Waals surface area contributed by atoms with Crippen LogP contribution >= 0.6 is 0 Å². The number of esters is 1. The molecular formula is C25H47NO5. The molecule has 31 heavy (non-hydrogen) atoms. The zero-order valence-electron chi connectivity index (χ0n) is 20.5. The van der Waals surface area contributed by atoms with E-state index >= 15 is 0 Å². The molecule has 0 spiro atoms. The van der Waals surface area contributed by atoms with Crippen LogP contribution in [0.1, 0.15) is 103 Å². The number of hydrogen-bond donors (Lipinski definition) is 1. The van der Waals surface area contributed by atoms with E-state index in [2.05, 4.69) is 6.92 Å². The van der Waals surface area contributed by atoms with E-state index in [0.29, 0.717) is 17.4 Å². The Morgan fingerprint density at radius 2 is 1.32 bits per heavy atom. The van der Waals surface area contributed by atoms with E-state index in [1.807, 2.05) is 21.1 Å². The van der Waals surface area contributed by atoms with E-state index in [0.717, 1.165) is 12.8 Å². The molecule has 0 fully saturated rings. The summed E-state index contributed by atoms with van der Waals surface area (Å²) in [6.07, 6.45) is 17.4. The molecule has 0 saturated heterocycles. The number of quaternary nitrogens is 1. The Hall–Kier alpha value is -1.56. The van der Waals surface area contributed by atoms with Gasteiger partial charge in [0.15, 0.2) is 11.9 Å².